The maximum atomic E-state index is 12.4. The molecule has 0 aliphatic rings. The fraction of sp³-hybridized carbons (Fsp3) is 0.870. The normalized spacial score (nSPS) is 13.1. The van der Waals surface area contributed by atoms with E-state index in [1.54, 1.807) is 6.08 Å². The maximum absolute atomic E-state index is 12.4. The van der Waals surface area contributed by atoms with Gasteiger partial charge in [-0.15, -0.1) is 0 Å². The van der Waals surface area contributed by atoms with Gasteiger partial charge in [-0.25, -0.2) is 0 Å². The number of amides is 1. The molecule has 0 aromatic carbocycles. The summed E-state index contributed by atoms with van der Waals surface area (Å²) >= 11 is 0. The number of rotatable bonds is 48. The van der Waals surface area contributed by atoms with E-state index >= 15 is 0 Å². The van der Waals surface area contributed by atoms with Gasteiger partial charge in [0.1, 0.15) is 0 Å². The second-order valence-corrected chi connectivity index (χ2v) is 17.9. The van der Waals surface area contributed by atoms with Crippen molar-refractivity contribution < 1.29 is 15.0 Å². The van der Waals surface area contributed by atoms with Crippen molar-refractivity contribution in [2.75, 3.05) is 6.61 Å². The molecular formula is C54H103NO3. The largest absolute Gasteiger partial charge is 0.394 e. The smallest absolute Gasteiger partial charge is 0.220 e. The molecule has 0 bridgehead atoms. The van der Waals surface area contributed by atoms with Crippen molar-refractivity contribution in [1.29, 1.82) is 0 Å². The molecule has 342 valence electrons. The van der Waals surface area contributed by atoms with Gasteiger partial charge in [0.2, 0.25) is 5.91 Å². The minimum Gasteiger partial charge on any atom is -0.394 e. The summed E-state index contributed by atoms with van der Waals surface area (Å²) in [6, 6.07) is -0.640. The van der Waals surface area contributed by atoms with Crippen LogP contribution >= 0.6 is 0 Å². The molecule has 4 nitrogen and oxygen atoms in total. The topological polar surface area (TPSA) is 69.6 Å². The Hall–Kier alpha value is -1.39. The molecule has 0 aromatic heterocycles. The number of hydrogen-bond acceptors (Lipinski definition) is 3. The molecule has 0 fully saturated rings. The monoisotopic (exact) mass is 814 g/mol. The highest BCUT2D eigenvalue weighted by atomic mass is 16.3. The summed E-state index contributed by atoms with van der Waals surface area (Å²) in [6.07, 6.45) is 67.2. The van der Waals surface area contributed by atoms with Crippen LogP contribution in [-0.4, -0.2) is 34.9 Å². The first-order valence-corrected chi connectivity index (χ1v) is 26.2. The lowest BCUT2D eigenvalue weighted by Crippen LogP contribution is -2.45. The van der Waals surface area contributed by atoms with Crippen LogP contribution in [0.2, 0.25) is 0 Å². The molecule has 0 heterocycles. The highest BCUT2D eigenvalue weighted by Gasteiger charge is 2.17. The van der Waals surface area contributed by atoms with Crippen LogP contribution in [0.5, 0.6) is 0 Å². The number of carbonyl (C=O) groups is 1. The van der Waals surface area contributed by atoms with Crippen LogP contribution in [0.3, 0.4) is 0 Å². The van der Waals surface area contributed by atoms with Crippen LogP contribution < -0.4 is 5.32 Å². The lowest BCUT2D eigenvalue weighted by molar-refractivity contribution is -0.123. The quantitative estimate of drug-likeness (QED) is 0.0423. The average molecular weight is 814 g/mol. The fourth-order valence-electron chi connectivity index (χ4n) is 8.07. The van der Waals surface area contributed by atoms with Gasteiger partial charge in [-0.3, -0.25) is 4.79 Å². The molecule has 2 unspecified atom stereocenters. The third-order valence-corrected chi connectivity index (χ3v) is 12.1. The van der Waals surface area contributed by atoms with Gasteiger partial charge in [0.25, 0.3) is 0 Å². The van der Waals surface area contributed by atoms with Gasteiger partial charge in [-0.2, -0.15) is 0 Å². The van der Waals surface area contributed by atoms with Crippen LogP contribution in [0.25, 0.3) is 0 Å². The first-order chi connectivity index (χ1) is 28.7. The average Bonchev–Trinajstić information content (AvgIpc) is 3.23. The molecule has 0 aliphatic heterocycles. The first-order valence-electron chi connectivity index (χ1n) is 26.2. The van der Waals surface area contributed by atoms with E-state index in [9.17, 15) is 15.0 Å². The molecule has 58 heavy (non-hydrogen) atoms. The molecule has 2 atom stereocenters. The molecule has 3 N–H and O–H groups in total. The van der Waals surface area contributed by atoms with Crippen molar-refractivity contribution in [1.82, 2.24) is 5.32 Å². The Morgan fingerprint density at radius 3 is 1.00 bits per heavy atom. The molecular weight excluding hydrogens is 711 g/mol. The molecule has 1 amide bonds. The Bertz CT molecular complexity index is 882. The summed E-state index contributed by atoms with van der Waals surface area (Å²) in [7, 11) is 0. The number of aliphatic hydroxyl groups is 2. The van der Waals surface area contributed by atoms with Gasteiger partial charge >= 0.3 is 0 Å². The first kappa shape index (κ1) is 56.6. The molecule has 0 saturated heterocycles. The van der Waals surface area contributed by atoms with Crippen LogP contribution in [-0.2, 0) is 4.79 Å². The van der Waals surface area contributed by atoms with Crippen LogP contribution in [0.4, 0.5) is 0 Å². The van der Waals surface area contributed by atoms with Crippen LogP contribution in [0.1, 0.15) is 284 Å². The summed E-state index contributed by atoms with van der Waals surface area (Å²) in [5.74, 6) is -0.0734. The number of hydrogen-bond donors (Lipinski definition) is 3. The van der Waals surface area contributed by atoms with Gasteiger partial charge < -0.3 is 15.5 Å². The third-order valence-electron chi connectivity index (χ3n) is 12.1. The number of allylic oxidation sites excluding steroid dienone is 5. The van der Waals surface area contributed by atoms with E-state index in [-0.39, 0.29) is 12.5 Å². The Balaban J connectivity index is 3.53. The van der Waals surface area contributed by atoms with Crippen LogP contribution in [0.15, 0.2) is 36.5 Å². The van der Waals surface area contributed by atoms with Crippen molar-refractivity contribution in [3.05, 3.63) is 36.5 Å². The third kappa shape index (κ3) is 45.7. The minimum atomic E-state index is -0.863. The zero-order chi connectivity index (χ0) is 42.1. The zero-order valence-corrected chi connectivity index (χ0v) is 39.3. The summed E-state index contributed by atoms with van der Waals surface area (Å²) < 4.78 is 0. The Labute approximate surface area is 363 Å². The second kappa shape index (κ2) is 50.0. The summed E-state index contributed by atoms with van der Waals surface area (Å²) in [5.41, 5.74) is 0. The van der Waals surface area contributed by atoms with Gasteiger partial charge in [0.15, 0.2) is 0 Å². The van der Waals surface area contributed by atoms with Gasteiger partial charge in [-0.05, 0) is 57.8 Å². The fourth-order valence-corrected chi connectivity index (χ4v) is 8.07. The van der Waals surface area contributed by atoms with E-state index in [4.69, 9.17) is 0 Å². The van der Waals surface area contributed by atoms with Crippen LogP contribution in [0, 0.1) is 0 Å². The van der Waals surface area contributed by atoms with E-state index in [2.05, 4.69) is 43.5 Å². The molecule has 0 rings (SSSR count). The Morgan fingerprint density at radius 1 is 0.397 bits per heavy atom. The molecule has 0 spiro atoms. The highest BCUT2D eigenvalue weighted by molar-refractivity contribution is 5.76. The molecule has 4 heteroatoms. The standard InChI is InChI=1S/C54H103NO3/c1-3-5-7-9-11-13-15-17-19-21-23-24-25-26-27-28-29-30-32-33-35-37-39-41-43-45-47-49-53(57)52(51-56)55-54(58)50-48-46-44-42-40-38-36-34-31-22-20-18-16-14-12-10-8-6-4-2/h18,20,39,41,47,49,52-53,56-57H,3-17,19,21-38,40,42-46,48,50-51H2,1-2H3,(H,55,58)/b20-18-,41-39+,49-47+. The van der Waals surface area contributed by atoms with Crippen molar-refractivity contribution in [3.8, 4) is 0 Å². The predicted octanol–water partition coefficient (Wildman–Crippen LogP) is 16.9. The SMILES string of the molecule is CCCCCCCC/C=C\CCCCCCCCCCCC(=O)NC(CO)C(O)/C=C/CC/C=C/CCCCCCCCCCCCCCCCCCCCCCC. The predicted molar refractivity (Wildman–Crippen MR) is 258 cm³/mol. The van der Waals surface area contributed by atoms with E-state index < -0.39 is 12.1 Å². The lowest BCUT2D eigenvalue weighted by Gasteiger charge is -2.19. The Kier molecular flexibility index (Phi) is 48.8. The van der Waals surface area contributed by atoms with Crippen molar-refractivity contribution in [2.24, 2.45) is 0 Å². The van der Waals surface area contributed by atoms with Crippen molar-refractivity contribution >= 4 is 5.91 Å². The molecule has 0 saturated carbocycles. The van der Waals surface area contributed by atoms with Gasteiger partial charge in [-0.1, -0.05) is 256 Å². The Morgan fingerprint density at radius 2 is 0.672 bits per heavy atom. The lowest BCUT2D eigenvalue weighted by atomic mass is 10.0. The van der Waals surface area contributed by atoms with Crippen molar-refractivity contribution in [2.45, 2.75) is 296 Å². The van der Waals surface area contributed by atoms with E-state index in [0.29, 0.717) is 6.42 Å². The maximum Gasteiger partial charge on any atom is 0.220 e. The highest BCUT2D eigenvalue weighted by Crippen LogP contribution is 2.16. The summed E-state index contributed by atoms with van der Waals surface area (Å²) in [6.45, 7) is 4.32. The molecule has 0 aromatic rings. The molecule has 0 radical (unpaired) electrons. The van der Waals surface area contributed by atoms with Crippen molar-refractivity contribution in [3.63, 3.8) is 0 Å². The number of aliphatic hydroxyl groups excluding tert-OH is 2. The van der Waals surface area contributed by atoms with E-state index in [1.165, 1.54) is 231 Å². The number of carbonyl (C=O) groups excluding carboxylic acids is 1. The summed E-state index contributed by atoms with van der Waals surface area (Å²) in [5, 5.41) is 23.1. The molecule has 0 aliphatic carbocycles. The number of nitrogens with one attached hydrogen (secondary N) is 1. The second-order valence-electron chi connectivity index (χ2n) is 17.9. The van der Waals surface area contributed by atoms with Gasteiger partial charge in [0, 0.05) is 6.42 Å². The van der Waals surface area contributed by atoms with E-state index in [1.807, 2.05) is 6.08 Å². The minimum absolute atomic E-state index is 0.0734. The number of unbranched alkanes of at least 4 members (excludes halogenated alkanes) is 37. The van der Waals surface area contributed by atoms with Gasteiger partial charge in [0.05, 0.1) is 18.8 Å². The zero-order valence-electron chi connectivity index (χ0n) is 39.3. The van der Waals surface area contributed by atoms with E-state index in [0.717, 1.165) is 32.1 Å². The summed E-state index contributed by atoms with van der Waals surface area (Å²) in [4.78, 5) is 12.4.